The van der Waals surface area contributed by atoms with E-state index < -0.39 is 11.8 Å². The van der Waals surface area contributed by atoms with Crippen LogP contribution in [0, 0.1) is 0 Å². The number of halogens is 3. The molecule has 78 valence electrons. The molecule has 0 spiro atoms. The molecule has 0 aromatic heterocycles. The molecule has 3 N–H and O–H groups in total. The maximum Gasteiger partial charge on any atom is 0.261 e. The van der Waals surface area contributed by atoms with Crippen LogP contribution in [0.1, 0.15) is 20.7 Å². The van der Waals surface area contributed by atoms with Crippen molar-refractivity contribution in [3.63, 3.8) is 0 Å². The first-order valence-electron chi connectivity index (χ1n) is 3.76. The molecule has 1 aromatic carbocycles. The van der Waals surface area contributed by atoms with Gasteiger partial charge in [-0.1, -0.05) is 34.8 Å². The van der Waals surface area contributed by atoms with Gasteiger partial charge >= 0.3 is 0 Å². The highest BCUT2D eigenvalue weighted by Gasteiger charge is 2.34. The molecule has 0 radical (unpaired) electrons. The summed E-state index contributed by atoms with van der Waals surface area (Å²) in [6.45, 7) is 0. The van der Waals surface area contributed by atoms with E-state index in [1.165, 1.54) is 0 Å². The molecule has 0 bridgehead atoms. The maximum absolute atomic E-state index is 11.3. The Bertz CT molecular complexity index is 468. The Morgan fingerprint density at radius 1 is 0.867 bits per heavy atom. The average Bonchev–Trinajstić information content (AvgIpc) is 2.47. The lowest BCUT2D eigenvalue weighted by Crippen LogP contribution is -2.20. The highest BCUT2D eigenvalue weighted by molar-refractivity contribution is 6.52. The molecule has 2 rings (SSSR count). The molecule has 0 saturated carbocycles. The number of nitrogens with two attached hydrogens (primary N) is 1. The highest BCUT2D eigenvalue weighted by atomic mass is 35.5. The lowest BCUT2D eigenvalue weighted by molar-refractivity contribution is 0.0880. The standard InChI is InChI=1S/C8H3Cl3N2O2/c9-3-1-2(8(15)13-7(1)14)6(12)5(11)4(3)10/h12H2,(H,13,14,15). The predicted octanol–water partition coefficient (Wildman–Crippen LogP) is 2.11. The predicted molar refractivity (Wildman–Crippen MR) is 57.7 cm³/mol. The van der Waals surface area contributed by atoms with Gasteiger partial charge in [0.15, 0.2) is 0 Å². The molecule has 0 atom stereocenters. The number of amides is 2. The number of fused-ring (bicyclic) bond motifs is 1. The molecule has 1 aliphatic heterocycles. The lowest BCUT2D eigenvalue weighted by Gasteiger charge is -2.07. The summed E-state index contributed by atoms with van der Waals surface area (Å²) >= 11 is 17.3. The molecule has 2 amide bonds. The zero-order valence-corrected chi connectivity index (χ0v) is 9.30. The van der Waals surface area contributed by atoms with Crippen LogP contribution in [0.2, 0.25) is 15.1 Å². The van der Waals surface area contributed by atoms with Crippen molar-refractivity contribution >= 4 is 52.3 Å². The Labute approximate surface area is 99.3 Å². The molecule has 4 nitrogen and oxygen atoms in total. The number of anilines is 1. The monoisotopic (exact) mass is 264 g/mol. The van der Waals surface area contributed by atoms with Crippen molar-refractivity contribution in [1.82, 2.24) is 5.32 Å². The molecule has 1 aliphatic rings. The Morgan fingerprint density at radius 2 is 1.40 bits per heavy atom. The van der Waals surface area contributed by atoms with Gasteiger partial charge in [-0.25, -0.2) is 0 Å². The second-order valence-corrected chi connectivity index (χ2v) is 4.02. The van der Waals surface area contributed by atoms with E-state index in [0.29, 0.717) is 0 Å². The second-order valence-electron chi connectivity index (χ2n) is 2.89. The van der Waals surface area contributed by atoms with Gasteiger partial charge in [-0.05, 0) is 0 Å². The van der Waals surface area contributed by atoms with Crippen LogP contribution < -0.4 is 11.1 Å². The van der Waals surface area contributed by atoms with Gasteiger partial charge in [-0.15, -0.1) is 0 Å². The van der Waals surface area contributed by atoms with Gasteiger partial charge in [0, 0.05) is 0 Å². The van der Waals surface area contributed by atoms with Crippen LogP contribution in [0.25, 0.3) is 0 Å². The van der Waals surface area contributed by atoms with Crippen LogP contribution >= 0.6 is 34.8 Å². The normalized spacial score (nSPS) is 14.1. The highest BCUT2D eigenvalue weighted by Crippen LogP contribution is 2.41. The third kappa shape index (κ3) is 1.29. The number of rotatable bonds is 0. The number of hydrogen-bond acceptors (Lipinski definition) is 3. The van der Waals surface area contributed by atoms with Gasteiger partial charge in [-0.3, -0.25) is 14.9 Å². The van der Waals surface area contributed by atoms with Crippen molar-refractivity contribution in [2.75, 3.05) is 5.73 Å². The van der Waals surface area contributed by atoms with Crippen LogP contribution in [-0.2, 0) is 0 Å². The van der Waals surface area contributed by atoms with Gasteiger partial charge < -0.3 is 5.73 Å². The van der Waals surface area contributed by atoms with Gasteiger partial charge in [0.05, 0.1) is 31.9 Å². The van der Waals surface area contributed by atoms with Crippen LogP contribution in [0.15, 0.2) is 0 Å². The number of hydrogen-bond donors (Lipinski definition) is 2. The largest absolute Gasteiger partial charge is 0.397 e. The topological polar surface area (TPSA) is 72.2 Å². The van der Waals surface area contributed by atoms with Gasteiger partial charge in [-0.2, -0.15) is 0 Å². The summed E-state index contributed by atoms with van der Waals surface area (Å²) in [5.74, 6) is -1.24. The van der Waals surface area contributed by atoms with Crippen molar-refractivity contribution in [2.24, 2.45) is 0 Å². The van der Waals surface area contributed by atoms with E-state index in [-0.39, 0.29) is 31.9 Å². The first-order valence-corrected chi connectivity index (χ1v) is 4.90. The summed E-state index contributed by atoms with van der Waals surface area (Å²) in [6, 6.07) is 0. The fourth-order valence-corrected chi connectivity index (χ4v) is 2.06. The van der Waals surface area contributed by atoms with Crippen molar-refractivity contribution < 1.29 is 9.59 Å². The van der Waals surface area contributed by atoms with E-state index in [2.05, 4.69) is 5.32 Å². The number of nitrogens with one attached hydrogen (secondary N) is 1. The molecule has 1 heterocycles. The molecule has 0 saturated heterocycles. The van der Waals surface area contributed by atoms with Gasteiger partial charge in [0.2, 0.25) is 0 Å². The molecule has 7 heteroatoms. The minimum Gasteiger partial charge on any atom is -0.397 e. The minimum absolute atomic E-state index is 0.0144. The Kier molecular flexibility index (Phi) is 2.30. The van der Waals surface area contributed by atoms with E-state index in [1.54, 1.807) is 0 Å². The number of carbonyl (C=O) groups is 2. The maximum atomic E-state index is 11.3. The zero-order chi connectivity index (χ0) is 11.3. The Hall–Kier alpha value is -0.970. The second kappa shape index (κ2) is 3.27. The Balaban J connectivity index is 2.92. The van der Waals surface area contributed by atoms with E-state index in [0.717, 1.165) is 0 Å². The molecule has 1 aromatic rings. The number of carbonyl (C=O) groups excluding carboxylic acids is 2. The van der Waals surface area contributed by atoms with Gasteiger partial charge in [0.1, 0.15) is 0 Å². The van der Waals surface area contributed by atoms with E-state index >= 15 is 0 Å². The molecular formula is C8H3Cl3N2O2. The quantitative estimate of drug-likeness (QED) is 0.429. The molecule has 15 heavy (non-hydrogen) atoms. The Morgan fingerprint density at radius 3 is 2.00 bits per heavy atom. The van der Waals surface area contributed by atoms with E-state index in [4.69, 9.17) is 40.5 Å². The summed E-state index contributed by atoms with van der Waals surface area (Å²) in [6.07, 6.45) is 0. The van der Waals surface area contributed by atoms with Crippen molar-refractivity contribution in [2.45, 2.75) is 0 Å². The summed E-state index contributed by atoms with van der Waals surface area (Å²) in [4.78, 5) is 22.7. The van der Waals surface area contributed by atoms with E-state index in [1.807, 2.05) is 0 Å². The summed E-state index contributed by atoms with van der Waals surface area (Å²) < 4.78 is 0. The number of imide groups is 1. The lowest BCUT2D eigenvalue weighted by atomic mass is 10.1. The average molecular weight is 265 g/mol. The van der Waals surface area contributed by atoms with Crippen LogP contribution in [0.4, 0.5) is 5.69 Å². The zero-order valence-electron chi connectivity index (χ0n) is 7.03. The van der Waals surface area contributed by atoms with Gasteiger partial charge in [0.25, 0.3) is 11.8 Å². The first-order chi connectivity index (χ1) is 6.95. The summed E-state index contributed by atoms with van der Waals surface area (Å²) in [5, 5.41) is 1.95. The molecule has 0 unspecified atom stereocenters. The van der Waals surface area contributed by atoms with Crippen molar-refractivity contribution in [3.05, 3.63) is 26.2 Å². The van der Waals surface area contributed by atoms with Crippen molar-refractivity contribution in [1.29, 1.82) is 0 Å². The van der Waals surface area contributed by atoms with E-state index in [9.17, 15) is 9.59 Å². The number of nitrogen functional groups attached to an aromatic ring is 1. The molecule has 0 aliphatic carbocycles. The summed E-state index contributed by atoms with van der Waals surface area (Å²) in [7, 11) is 0. The summed E-state index contributed by atoms with van der Waals surface area (Å²) in [5.41, 5.74) is 5.50. The molecule has 0 fully saturated rings. The SMILES string of the molecule is Nc1c(Cl)c(Cl)c(Cl)c2c1C(=O)NC2=O. The van der Waals surface area contributed by atoms with Crippen LogP contribution in [-0.4, -0.2) is 11.8 Å². The third-order valence-electron chi connectivity index (χ3n) is 2.04. The number of benzene rings is 1. The fraction of sp³-hybridized carbons (Fsp3) is 0. The fourth-order valence-electron chi connectivity index (χ4n) is 1.36. The minimum atomic E-state index is -0.620. The van der Waals surface area contributed by atoms with Crippen LogP contribution in [0.5, 0.6) is 0 Å². The molecular weight excluding hydrogens is 262 g/mol. The smallest absolute Gasteiger partial charge is 0.261 e. The van der Waals surface area contributed by atoms with Crippen LogP contribution in [0.3, 0.4) is 0 Å². The van der Waals surface area contributed by atoms with Crippen molar-refractivity contribution in [3.8, 4) is 0 Å². The first kappa shape index (κ1) is 10.5. The third-order valence-corrected chi connectivity index (χ3v) is 3.38.